The molecule has 1 heterocycles. The largest absolute Gasteiger partial charge is 0.493 e. The van der Waals surface area contributed by atoms with E-state index in [1.54, 1.807) is 42.5 Å². The number of rotatable bonds is 7. The lowest BCUT2D eigenvalue weighted by Gasteiger charge is -2.14. The highest BCUT2D eigenvalue weighted by atomic mass is 35.5. The number of hydrazine groups is 1. The first-order valence-electron chi connectivity index (χ1n) is 10.5. The predicted molar refractivity (Wildman–Crippen MR) is 130 cm³/mol. The van der Waals surface area contributed by atoms with Gasteiger partial charge in [0.1, 0.15) is 12.2 Å². The molecule has 3 aromatic rings. The van der Waals surface area contributed by atoms with E-state index in [0.717, 1.165) is 10.6 Å². The number of nitrogens with one attached hydrogen (secondary N) is 1. The normalized spacial score (nSPS) is 14.1. The van der Waals surface area contributed by atoms with Gasteiger partial charge in [0.25, 0.3) is 11.8 Å². The molecule has 0 aromatic heterocycles. The molecule has 9 heteroatoms. The molecule has 35 heavy (non-hydrogen) atoms. The Balaban J connectivity index is 1.51. The van der Waals surface area contributed by atoms with Crippen LogP contribution >= 0.6 is 11.6 Å². The summed E-state index contributed by atoms with van der Waals surface area (Å²) in [6.07, 6.45) is 1.48. The zero-order valence-electron chi connectivity index (χ0n) is 18.9. The van der Waals surface area contributed by atoms with Gasteiger partial charge in [0.15, 0.2) is 11.5 Å². The summed E-state index contributed by atoms with van der Waals surface area (Å²) in [5.41, 5.74) is 4.75. The van der Waals surface area contributed by atoms with Crippen molar-refractivity contribution in [1.29, 1.82) is 0 Å². The molecule has 3 aromatic carbocycles. The Morgan fingerprint density at radius 3 is 2.34 bits per heavy atom. The third kappa shape index (κ3) is 5.28. The fraction of sp³-hybridized carbons (Fsp3) is 0.115. The molecule has 0 saturated carbocycles. The summed E-state index contributed by atoms with van der Waals surface area (Å²) < 4.78 is 16.0. The van der Waals surface area contributed by atoms with Gasteiger partial charge in [0, 0.05) is 5.02 Å². The maximum atomic E-state index is 12.9. The molecule has 1 N–H and O–H groups in total. The summed E-state index contributed by atoms with van der Waals surface area (Å²) in [4.78, 5) is 37.0. The predicted octanol–water partition coefficient (Wildman–Crippen LogP) is 4.18. The molecule has 178 valence electrons. The maximum absolute atomic E-state index is 12.9. The molecule has 2 amide bonds. The summed E-state index contributed by atoms with van der Waals surface area (Å²) in [7, 11) is 2.79. The summed E-state index contributed by atoms with van der Waals surface area (Å²) >= 11 is 5.91. The van der Waals surface area contributed by atoms with Crippen LogP contribution < -0.4 is 19.9 Å². The fourth-order valence-corrected chi connectivity index (χ4v) is 3.53. The van der Waals surface area contributed by atoms with Crippen molar-refractivity contribution in [1.82, 2.24) is 5.43 Å². The second kappa shape index (κ2) is 10.3. The Labute approximate surface area is 206 Å². The van der Waals surface area contributed by atoms with Gasteiger partial charge in [-0.05, 0) is 65.7 Å². The number of methoxy groups -OCH3 is 2. The van der Waals surface area contributed by atoms with Gasteiger partial charge in [-0.2, -0.15) is 0 Å². The number of benzene rings is 3. The molecule has 0 radical (unpaired) electrons. The maximum Gasteiger partial charge on any atom is 0.337 e. The molecule has 1 saturated heterocycles. The van der Waals surface area contributed by atoms with Gasteiger partial charge in [-0.15, -0.1) is 0 Å². The van der Waals surface area contributed by atoms with E-state index in [1.165, 1.54) is 32.4 Å². The Hall–Kier alpha value is -4.30. The van der Waals surface area contributed by atoms with Crippen LogP contribution in [0.2, 0.25) is 5.02 Å². The van der Waals surface area contributed by atoms with Crippen molar-refractivity contribution in [3.8, 4) is 11.5 Å². The first-order valence-corrected chi connectivity index (χ1v) is 10.9. The van der Waals surface area contributed by atoms with E-state index in [9.17, 15) is 14.4 Å². The van der Waals surface area contributed by atoms with E-state index in [1.807, 2.05) is 12.1 Å². The quantitative estimate of drug-likeness (QED) is 0.302. The molecule has 8 nitrogen and oxygen atoms in total. The van der Waals surface area contributed by atoms with Crippen LogP contribution in [0.5, 0.6) is 11.5 Å². The van der Waals surface area contributed by atoms with Crippen LogP contribution in [-0.2, 0) is 20.9 Å². The third-order valence-electron chi connectivity index (χ3n) is 5.24. The Kier molecular flexibility index (Phi) is 7.03. The number of amides is 2. The smallest absolute Gasteiger partial charge is 0.337 e. The monoisotopic (exact) mass is 492 g/mol. The lowest BCUT2D eigenvalue weighted by Crippen LogP contribution is -2.35. The average Bonchev–Trinajstić information content (AvgIpc) is 3.16. The number of anilines is 1. The van der Waals surface area contributed by atoms with Gasteiger partial charge >= 0.3 is 5.97 Å². The van der Waals surface area contributed by atoms with Crippen molar-refractivity contribution in [3.05, 3.63) is 94.0 Å². The minimum atomic E-state index is -0.547. The first kappa shape index (κ1) is 23.8. The molecule has 0 atom stereocenters. The van der Waals surface area contributed by atoms with Crippen molar-refractivity contribution in [2.45, 2.75) is 6.61 Å². The minimum absolute atomic E-state index is 0.0427. The van der Waals surface area contributed by atoms with Crippen LogP contribution in [0.1, 0.15) is 21.5 Å². The van der Waals surface area contributed by atoms with E-state index in [-0.39, 0.29) is 5.57 Å². The minimum Gasteiger partial charge on any atom is -0.493 e. The standard InChI is InChI=1S/C26H21ClN2O6/c1-33-23-14-17(5-12-22(23)35-15-16-3-8-19(27)9-4-16)13-21-24(30)28-29(25(21)31)20-10-6-18(7-11-20)26(32)34-2/h3-14H,15H2,1-2H3,(H,28,30)/b21-13+. The molecular formula is C26H21ClN2O6. The van der Waals surface area contributed by atoms with E-state index in [0.29, 0.717) is 39.9 Å². The number of carbonyl (C=O) groups excluding carboxylic acids is 3. The van der Waals surface area contributed by atoms with Crippen LogP contribution in [0.4, 0.5) is 5.69 Å². The number of carbonyl (C=O) groups is 3. The second-order valence-electron chi connectivity index (χ2n) is 7.50. The summed E-state index contributed by atoms with van der Waals surface area (Å²) in [6.45, 7) is 0.318. The van der Waals surface area contributed by atoms with Gasteiger partial charge in [0.2, 0.25) is 0 Å². The average molecular weight is 493 g/mol. The van der Waals surface area contributed by atoms with E-state index in [4.69, 9.17) is 21.1 Å². The molecule has 1 fully saturated rings. The van der Waals surface area contributed by atoms with Crippen LogP contribution in [0.3, 0.4) is 0 Å². The zero-order chi connectivity index (χ0) is 24.9. The highest BCUT2D eigenvalue weighted by molar-refractivity contribution is 6.31. The van der Waals surface area contributed by atoms with Crippen LogP contribution in [0.25, 0.3) is 6.08 Å². The number of hydrogen-bond donors (Lipinski definition) is 1. The lowest BCUT2D eigenvalue weighted by molar-refractivity contribution is -0.117. The topological polar surface area (TPSA) is 94.2 Å². The third-order valence-corrected chi connectivity index (χ3v) is 5.50. The van der Waals surface area contributed by atoms with Gasteiger partial charge in [0.05, 0.1) is 25.5 Å². The number of halogens is 1. The van der Waals surface area contributed by atoms with E-state index in [2.05, 4.69) is 10.2 Å². The zero-order valence-corrected chi connectivity index (χ0v) is 19.7. The van der Waals surface area contributed by atoms with Gasteiger partial charge in [-0.3, -0.25) is 15.0 Å². The summed E-state index contributed by atoms with van der Waals surface area (Å²) in [5.74, 6) is -0.603. The van der Waals surface area contributed by atoms with Crippen LogP contribution in [0.15, 0.2) is 72.3 Å². The van der Waals surface area contributed by atoms with Crippen molar-refractivity contribution in [2.75, 3.05) is 19.2 Å². The Morgan fingerprint density at radius 1 is 0.971 bits per heavy atom. The Morgan fingerprint density at radius 2 is 1.69 bits per heavy atom. The molecule has 0 aliphatic carbocycles. The fourth-order valence-electron chi connectivity index (χ4n) is 3.41. The van der Waals surface area contributed by atoms with Gasteiger partial charge in [-0.1, -0.05) is 29.8 Å². The lowest BCUT2D eigenvalue weighted by atomic mass is 10.1. The van der Waals surface area contributed by atoms with Crippen molar-refractivity contribution < 1.29 is 28.6 Å². The van der Waals surface area contributed by atoms with Crippen LogP contribution in [0, 0.1) is 0 Å². The van der Waals surface area contributed by atoms with Crippen molar-refractivity contribution >= 4 is 41.1 Å². The highest BCUT2D eigenvalue weighted by Gasteiger charge is 2.34. The SMILES string of the molecule is COC(=O)c1ccc(N2NC(=O)/C(=C\c3ccc(OCc4ccc(Cl)cc4)c(OC)c3)C2=O)cc1. The van der Waals surface area contributed by atoms with Crippen molar-refractivity contribution in [3.63, 3.8) is 0 Å². The van der Waals surface area contributed by atoms with Crippen molar-refractivity contribution in [2.24, 2.45) is 0 Å². The molecule has 0 spiro atoms. The summed E-state index contributed by atoms with van der Waals surface area (Å²) in [6, 6.07) is 18.5. The summed E-state index contributed by atoms with van der Waals surface area (Å²) in [5, 5.41) is 1.77. The van der Waals surface area contributed by atoms with Gasteiger partial charge in [-0.25, -0.2) is 9.80 Å². The molecule has 0 bridgehead atoms. The van der Waals surface area contributed by atoms with Crippen LogP contribution in [-0.4, -0.2) is 32.0 Å². The highest BCUT2D eigenvalue weighted by Crippen LogP contribution is 2.31. The number of esters is 1. The molecule has 1 aliphatic heterocycles. The number of ether oxygens (including phenoxy) is 3. The number of nitrogens with zero attached hydrogens (tertiary/aromatic N) is 1. The molecule has 0 unspecified atom stereocenters. The van der Waals surface area contributed by atoms with Gasteiger partial charge < -0.3 is 14.2 Å². The molecule has 4 rings (SSSR count). The Bertz CT molecular complexity index is 1300. The molecule has 1 aliphatic rings. The first-order chi connectivity index (χ1) is 16.9. The van der Waals surface area contributed by atoms with E-state index < -0.39 is 17.8 Å². The second-order valence-corrected chi connectivity index (χ2v) is 7.94. The number of hydrogen-bond acceptors (Lipinski definition) is 6. The van der Waals surface area contributed by atoms with E-state index >= 15 is 0 Å². The molecular weight excluding hydrogens is 472 g/mol.